The second kappa shape index (κ2) is 6.63. The van der Waals surface area contributed by atoms with Crippen LogP contribution in [0.4, 0.5) is 0 Å². The minimum Gasteiger partial charge on any atom is -0.381 e. The van der Waals surface area contributed by atoms with Crippen LogP contribution in [0.3, 0.4) is 0 Å². The molecule has 2 heterocycles. The maximum atomic E-state index is 12.2. The third-order valence-corrected chi connectivity index (χ3v) is 3.34. The van der Waals surface area contributed by atoms with Crippen LogP contribution in [0.25, 0.3) is 0 Å². The highest BCUT2D eigenvalue weighted by atomic mass is 16.5. The summed E-state index contributed by atoms with van der Waals surface area (Å²) >= 11 is 0. The summed E-state index contributed by atoms with van der Waals surface area (Å²) < 4.78 is 6.91. The van der Waals surface area contributed by atoms with Gasteiger partial charge >= 0.3 is 0 Å². The van der Waals surface area contributed by atoms with Crippen molar-refractivity contribution in [3.63, 3.8) is 0 Å². The third kappa shape index (κ3) is 3.74. The summed E-state index contributed by atoms with van der Waals surface area (Å²) in [6.45, 7) is 3.38. The molecule has 1 fully saturated rings. The Hall–Kier alpha value is -1.47. The Kier molecular flexibility index (Phi) is 4.86. The molecule has 0 radical (unpaired) electrons. The van der Waals surface area contributed by atoms with Crippen molar-refractivity contribution >= 4 is 5.91 Å². The summed E-state index contributed by atoms with van der Waals surface area (Å²) in [5.74, 6) is 0.427. The fourth-order valence-electron chi connectivity index (χ4n) is 2.23. The second-order valence-corrected chi connectivity index (χ2v) is 4.90. The molecule has 1 aromatic heterocycles. The fraction of sp³-hybridized carbons (Fsp3) is 0.750. The first kappa shape index (κ1) is 14.0. The quantitative estimate of drug-likeness (QED) is 0.794. The molecule has 7 heteroatoms. The highest BCUT2D eigenvalue weighted by Crippen LogP contribution is 2.16. The summed E-state index contributed by atoms with van der Waals surface area (Å²) in [5, 5.41) is 7.77. The van der Waals surface area contributed by atoms with E-state index in [0.717, 1.165) is 32.6 Å². The lowest BCUT2D eigenvalue weighted by molar-refractivity contribution is 0.0495. The number of nitrogens with two attached hydrogens (primary N) is 1. The van der Waals surface area contributed by atoms with E-state index >= 15 is 0 Å². The molecule has 1 saturated heterocycles. The van der Waals surface area contributed by atoms with Crippen molar-refractivity contribution in [3.05, 3.63) is 11.9 Å². The van der Waals surface area contributed by atoms with E-state index in [2.05, 4.69) is 10.3 Å². The van der Waals surface area contributed by atoms with Crippen molar-refractivity contribution in [2.24, 2.45) is 11.7 Å². The van der Waals surface area contributed by atoms with Gasteiger partial charge in [0.1, 0.15) is 0 Å². The van der Waals surface area contributed by atoms with Crippen molar-refractivity contribution in [1.82, 2.24) is 19.9 Å². The maximum Gasteiger partial charge on any atom is 0.275 e. The smallest absolute Gasteiger partial charge is 0.275 e. The van der Waals surface area contributed by atoms with Gasteiger partial charge in [-0.25, -0.2) is 0 Å². The highest BCUT2D eigenvalue weighted by molar-refractivity contribution is 5.91. The molecular formula is C12H21N5O2. The monoisotopic (exact) mass is 267 g/mol. The van der Waals surface area contributed by atoms with Crippen LogP contribution in [-0.2, 0) is 11.3 Å². The first-order valence-electron chi connectivity index (χ1n) is 6.64. The summed E-state index contributed by atoms with van der Waals surface area (Å²) in [6, 6.07) is 0. The Morgan fingerprint density at radius 3 is 3.00 bits per heavy atom. The van der Waals surface area contributed by atoms with E-state index in [1.807, 2.05) is 0 Å². The van der Waals surface area contributed by atoms with Crippen molar-refractivity contribution < 1.29 is 9.53 Å². The number of carbonyl (C=O) groups is 1. The van der Waals surface area contributed by atoms with Crippen molar-refractivity contribution in [3.8, 4) is 0 Å². The van der Waals surface area contributed by atoms with E-state index < -0.39 is 0 Å². The SMILES string of the molecule is CN(CC1CCOCC1)C(=O)c1cn(CCN)nn1. The van der Waals surface area contributed by atoms with Gasteiger partial charge in [-0.3, -0.25) is 9.48 Å². The van der Waals surface area contributed by atoms with Crippen LogP contribution in [0.2, 0.25) is 0 Å². The first-order chi connectivity index (χ1) is 9.20. The molecule has 0 aliphatic carbocycles. The van der Waals surface area contributed by atoms with Crippen LogP contribution >= 0.6 is 0 Å². The Labute approximate surface area is 112 Å². The molecule has 0 atom stereocenters. The van der Waals surface area contributed by atoms with E-state index in [1.165, 1.54) is 0 Å². The van der Waals surface area contributed by atoms with Crippen LogP contribution in [0.5, 0.6) is 0 Å². The van der Waals surface area contributed by atoms with Gasteiger partial charge in [-0.15, -0.1) is 5.10 Å². The fourth-order valence-corrected chi connectivity index (χ4v) is 2.23. The van der Waals surface area contributed by atoms with Crippen LogP contribution in [-0.4, -0.2) is 59.2 Å². The number of nitrogens with zero attached hydrogens (tertiary/aromatic N) is 4. The Morgan fingerprint density at radius 1 is 1.58 bits per heavy atom. The number of carbonyl (C=O) groups excluding carboxylic acids is 1. The lowest BCUT2D eigenvalue weighted by Crippen LogP contribution is -2.34. The van der Waals surface area contributed by atoms with E-state index in [9.17, 15) is 4.79 Å². The lowest BCUT2D eigenvalue weighted by atomic mass is 10.00. The van der Waals surface area contributed by atoms with Crippen molar-refractivity contribution in [1.29, 1.82) is 0 Å². The van der Waals surface area contributed by atoms with Gasteiger partial charge in [-0.1, -0.05) is 5.21 Å². The zero-order valence-corrected chi connectivity index (χ0v) is 11.3. The Balaban J connectivity index is 1.89. The van der Waals surface area contributed by atoms with E-state index in [-0.39, 0.29) is 5.91 Å². The molecule has 7 nitrogen and oxygen atoms in total. The number of rotatable bonds is 5. The van der Waals surface area contributed by atoms with Gasteiger partial charge in [0.05, 0.1) is 12.7 Å². The molecule has 19 heavy (non-hydrogen) atoms. The lowest BCUT2D eigenvalue weighted by Gasteiger charge is -2.26. The van der Waals surface area contributed by atoms with E-state index in [1.54, 1.807) is 22.8 Å². The van der Waals surface area contributed by atoms with E-state index in [0.29, 0.717) is 24.7 Å². The molecule has 1 amide bonds. The zero-order chi connectivity index (χ0) is 13.7. The van der Waals surface area contributed by atoms with Gasteiger partial charge < -0.3 is 15.4 Å². The molecule has 106 valence electrons. The van der Waals surface area contributed by atoms with Gasteiger partial charge in [-0.05, 0) is 18.8 Å². The van der Waals surface area contributed by atoms with E-state index in [4.69, 9.17) is 10.5 Å². The van der Waals surface area contributed by atoms with Gasteiger partial charge in [0.25, 0.3) is 5.91 Å². The molecule has 1 aliphatic heterocycles. The van der Waals surface area contributed by atoms with Gasteiger partial charge in [0.2, 0.25) is 0 Å². The maximum absolute atomic E-state index is 12.2. The molecule has 0 spiro atoms. The summed E-state index contributed by atoms with van der Waals surface area (Å²) in [4.78, 5) is 13.9. The first-order valence-corrected chi connectivity index (χ1v) is 6.64. The van der Waals surface area contributed by atoms with Crippen LogP contribution in [0.1, 0.15) is 23.3 Å². The number of aromatic nitrogens is 3. The van der Waals surface area contributed by atoms with Crippen molar-refractivity contribution in [2.45, 2.75) is 19.4 Å². The van der Waals surface area contributed by atoms with Gasteiger partial charge in [0.15, 0.2) is 5.69 Å². The summed E-state index contributed by atoms with van der Waals surface area (Å²) in [5.41, 5.74) is 5.81. The number of hydrogen-bond acceptors (Lipinski definition) is 5. The third-order valence-electron chi connectivity index (χ3n) is 3.34. The topological polar surface area (TPSA) is 86.3 Å². The largest absolute Gasteiger partial charge is 0.381 e. The molecular weight excluding hydrogens is 246 g/mol. The predicted molar refractivity (Wildman–Crippen MR) is 69.6 cm³/mol. The number of amides is 1. The molecule has 1 aromatic rings. The Bertz CT molecular complexity index is 414. The molecule has 0 aromatic carbocycles. The number of hydrogen-bond donors (Lipinski definition) is 1. The molecule has 0 saturated carbocycles. The second-order valence-electron chi connectivity index (χ2n) is 4.90. The average Bonchev–Trinajstić information content (AvgIpc) is 2.88. The molecule has 2 rings (SSSR count). The summed E-state index contributed by atoms with van der Waals surface area (Å²) in [7, 11) is 1.81. The molecule has 1 aliphatic rings. The molecule has 0 bridgehead atoms. The minimum absolute atomic E-state index is 0.0882. The zero-order valence-electron chi connectivity index (χ0n) is 11.3. The minimum atomic E-state index is -0.0882. The average molecular weight is 267 g/mol. The molecule has 0 unspecified atom stereocenters. The standard InChI is InChI=1S/C12H21N5O2/c1-16(8-10-2-6-19-7-3-10)12(18)11-9-17(5-4-13)15-14-11/h9-10H,2-8,13H2,1H3. The molecule has 2 N–H and O–H groups in total. The number of ether oxygens (including phenoxy) is 1. The van der Waals surface area contributed by atoms with Crippen molar-refractivity contribution in [2.75, 3.05) is 33.4 Å². The summed E-state index contributed by atoms with van der Waals surface area (Å²) in [6.07, 6.45) is 3.67. The van der Waals surface area contributed by atoms with Gasteiger partial charge in [-0.2, -0.15) is 0 Å². The predicted octanol–water partition coefficient (Wildman–Crippen LogP) is -0.265. The van der Waals surface area contributed by atoms with Crippen LogP contribution in [0, 0.1) is 5.92 Å². The Morgan fingerprint density at radius 2 is 2.32 bits per heavy atom. The normalized spacial score (nSPS) is 16.5. The van der Waals surface area contributed by atoms with Gasteiger partial charge in [0, 0.05) is 33.4 Å². The van der Waals surface area contributed by atoms with Crippen LogP contribution < -0.4 is 5.73 Å². The van der Waals surface area contributed by atoms with Crippen LogP contribution in [0.15, 0.2) is 6.20 Å². The highest BCUT2D eigenvalue weighted by Gasteiger charge is 2.21.